The maximum absolute atomic E-state index is 15.1. The highest BCUT2D eigenvalue weighted by Gasteiger charge is 2.31. The first-order valence-corrected chi connectivity index (χ1v) is 13.6. The Hall–Kier alpha value is -3.16. The van der Waals surface area contributed by atoms with Gasteiger partial charge in [0.15, 0.2) is 11.7 Å². The number of rotatable bonds is 6. The number of hydrogen-bond donors (Lipinski definition) is 1. The Morgan fingerprint density at radius 2 is 1.92 bits per heavy atom. The lowest BCUT2D eigenvalue weighted by molar-refractivity contribution is 0.124. The molecule has 1 aromatic rings. The molecule has 1 aliphatic carbocycles. The van der Waals surface area contributed by atoms with Crippen LogP contribution in [0.4, 0.5) is 9.18 Å². The Labute approximate surface area is 221 Å². The number of allylic oxidation sites excluding steroid dienone is 3. The molecule has 2 fully saturated rings. The van der Waals surface area contributed by atoms with Crippen LogP contribution in [0.5, 0.6) is 0 Å². The van der Waals surface area contributed by atoms with Crippen molar-refractivity contribution >= 4 is 17.5 Å². The average molecular weight is 512 g/mol. The number of carbonyl (C=O) groups is 1. The van der Waals surface area contributed by atoms with Crippen LogP contribution >= 0.6 is 0 Å². The van der Waals surface area contributed by atoms with Crippen LogP contribution < -0.4 is 0 Å². The lowest BCUT2D eigenvalue weighted by atomic mass is 9.93. The normalized spacial score (nSPS) is 20.5. The molecule has 1 unspecified atom stereocenters. The molecule has 0 radical (unpaired) electrons. The third-order valence-electron chi connectivity index (χ3n) is 7.23. The first-order valence-electron chi connectivity index (χ1n) is 13.6. The van der Waals surface area contributed by atoms with E-state index in [0.29, 0.717) is 37.9 Å². The Balaban J connectivity index is 0.00000186. The number of piperazine rings is 1. The number of pyridine rings is 1. The number of carboxylic acid groups (broad SMARTS) is 1. The zero-order valence-electron chi connectivity index (χ0n) is 23.2. The topological polar surface area (TPSA) is 72.3 Å². The lowest BCUT2D eigenvalue weighted by Crippen LogP contribution is -2.51. The van der Waals surface area contributed by atoms with E-state index in [1.54, 1.807) is 4.90 Å². The first-order chi connectivity index (χ1) is 17.8. The van der Waals surface area contributed by atoms with Gasteiger partial charge in [-0.1, -0.05) is 45.4 Å². The van der Waals surface area contributed by atoms with Crippen molar-refractivity contribution < 1.29 is 14.3 Å². The van der Waals surface area contributed by atoms with Crippen molar-refractivity contribution in [2.45, 2.75) is 60.3 Å². The van der Waals surface area contributed by atoms with Crippen molar-refractivity contribution in [1.82, 2.24) is 19.7 Å². The molecule has 1 saturated carbocycles. The van der Waals surface area contributed by atoms with Crippen molar-refractivity contribution in [3.8, 4) is 0 Å². The minimum atomic E-state index is -0.946. The molecule has 0 aromatic carbocycles. The maximum Gasteiger partial charge on any atom is 0.407 e. The third kappa shape index (κ3) is 6.99. The number of hydrogen-bond acceptors (Lipinski definition) is 5. The molecule has 1 saturated heterocycles. The van der Waals surface area contributed by atoms with E-state index >= 15 is 4.39 Å². The number of aliphatic imine (C=N–C) groups is 1. The zero-order valence-corrected chi connectivity index (χ0v) is 23.2. The van der Waals surface area contributed by atoms with Crippen LogP contribution in [-0.4, -0.2) is 69.9 Å². The summed E-state index contributed by atoms with van der Waals surface area (Å²) in [4.78, 5) is 25.8. The van der Waals surface area contributed by atoms with Crippen molar-refractivity contribution in [3.05, 3.63) is 59.1 Å². The fraction of sp³-hybridized carbons (Fsp3) is 0.552. The molecule has 0 bridgehead atoms. The Morgan fingerprint density at radius 1 is 1.24 bits per heavy atom. The molecular formula is C29H42FN5O2. The molecule has 1 aromatic heterocycles. The second-order valence-electron chi connectivity index (χ2n) is 9.88. The van der Waals surface area contributed by atoms with Gasteiger partial charge in [0, 0.05) is 62.5 Å². The average Bonchev–Trinajstić information content (AvgIpc) is 3.75. The van der Waals surface area contributed by atoms with Crippen LogP contribution in [0.25, 0.3) is 5.57 Å². The molecule has 37 heavy (non-hydrogen) atoms. The molecule has 0 spiro atoms. The summed E-state index contributed by atoms with van der Waals surface area (Å²) in [5, 5.41) is 9.26. The van der Waals surface area contributed by atoms with Crippen molar-refractivity contribution in [3.63, 3.8) is 0 Å². The van der Waals surface area contributed by atoms with Crippen LogP contribution in [0.1, 0.15) is 65.1 Å². The highest BCUT2D eigenvalue weighted by atomic mass is 19.1. The van der Waals surface area contributed by atoms with E-state index in [1.165, 1.54) is 29.5 Å². The number of aromatic nitrogens is 1. The van der Waals surface area contributed by atoms with Gasteiger partial charge in [-0.25, -0.2) is 14.2 Å². The summed E-state index contributed by atoms with van der Waals surface area (Å²) in [5.74, 6) is 1.86. The van der Waals surface area contributed by atoms with E-state index in [9.17, 15) is 9.90 Å². The Kier molecular flexibility index (Phi) is 9.89. The van der Waals surface area contributed by atoms with Crippen LogP contribution in [0.2, 0.25) is 0 Å². The van der Waals surface area contributed by atoms with E-state index < -0.39 is 11.9 Å². The van der Waals surface area contributed by atoms with Crippen LogP contribution in [-0.2, 0) is 6.42 Å². The second kappa shape index (κ2) is 12.9. The molecule has 3 heterocycles. The van der Waals surface area contributed by atoms with Crippen LogP contribution in [0.15, 0.2) is 52.8 Å². The quantitative estimate of drug-likeness (QED) is 0.494. The van der Waals surface area contributed by atoms with E-state index in [0.717, 1.165) is 35.6 Å². The summed E-state index contributed by atoms with van der Waals surface area (Å²) in [6.45, 7) is 12.0. The van der Waals surface area contributed by atoms with Gasteiger partial charge in [-0.15, -0.1) is 0 Å². The fourth-order valence-electron chi connectivity index (χ4n) is 4.70. The van der Waals surface area contributed by atoms with Crippen molar-refractivity contribution in [1.29, 1.82) is 0 Å². The molecule has 3 aliphatic rings. The summed E-state index contributed by atoms with van der Waals surface area (Å²) in [5.41, 5.74) is 4.21. The first kappa shape index (κ1) is 28.4. The van der Waals surface area contributed by atoms with E-state index in [4.69, 9.17) is 9.98 Å². The molecule has 8 heteroatoms. The summed E-state index contributed by atoms with van der Waals surface area (Å²) in [7, 11) is 1.82. The van der Waals surface area contributed by atoms with E-state index in [2.05, 4.69) is 32.9 Å². The summed E-state index contributed by atoms with van der Waals surface area (Å²) < 4.78 is 15.1. The SMILES string of the molecule is CC.CCC(C)=C/C(=C1/N=C(N2CCN(C(=O)O)CC2)C(F)=CN1C)c1cccnc1CC(C)C1CC1. The lowest BCUT2D eigenvalue weighted by Gasteiger charge is -2.36. The minimum Gasteiger partial charge on any atom is -0.465 e. The number of amidine groups is 1. The Morgan fingerprint density at radius 3 is 2.51 bits per heavy atom. The van der Waals surface area contributed by atoms with Gasteiger partial charge in [-0.2, -0.15) is 0 Å². The minimum absolute atomic E-state index is 0.264. The molecule has 4 rings (SSSR count). The largest absolute Gasteiger partial charge is 0.465 e. The molecular weight excluding hydrogens is 469 g/mol. The highest BCUT2D eigenvalue weighted by molar-refractivity contribution is 5.99. The summed E-state index contributed by atoms with van der Waals surface area (Å²) in [6.07, 6.45) is 8.90. The number of nitrogens with zero attached hydrogens (tertiary/aromatic N) is 5. The smallest absolute Gasteiger partial charge is 0.407 e. The Bertz CT molecular complexity index is 1080. The van der Waals surface area contributed by atoms with Gasteiger partial charge in [0.05, 0.1) is 0 Å². The fourth-order valence-corrected chi connectivity index (χ4v) is 4.70. The molecule has 1 atom stereocenters. The van der Waals surface area contributed by atoms with Gasteiger partial charge in [-0.05, 0) is 50.5 Å². The molecule has 2 aliphatic heterocycles. The van der Waals surface area contributed by atoms with Gasteiger partial charge >= 0.3 is 6.09 Å². The van der Waals surface area contributed by atoms with Gasteiger partial charge in [0.2, 0.25) is 0 Å². The molecule has 7 nitrogen and oxygen atoms in total. The number of halogens is 1. The van der Waals surface area contributed by atoms with Gasteiger partial charge in [-0.3, -0.25) is 4.98 Å². The zero-order chi connectivity index (χ0) is 27.1. The predicted molar refractivity (Wildman–Crippen MR) is 148 cm³/mol. The molecule has 202 valence electrons. The predicted octanol–water partition coefficient (Wildman–Crippen LogP) is 6.17. The van der Waals surface area contributed by atoms with Crippen molar-refractivity contribution in [2.75, 3.05) is 33.2 Å². The van der Waals surface area contributed by atoms with E-state index in [1.807, 2.05) is 38.1 Å². The number of amides is 1. The maximum atomic E-state index is 15.1. The highest BCUT2D eigenvalue weighted by Crippen LogP contribution is 2.39. The van der Waals surface area contributed by atoms with Gasteiger partial charge < -0.3 is 19.8 Å². The third-order valence-corrected chi connectivity index (χ3v) is 7.23. The van der Waals surface area contributed by atoms with Crippen molar-refractivity contribution in [2.24, 2.45) is 16.8 Å². The standard InChI is InChI=1S/C27H36FN5O2.C2H6/c1-5-18(2)15-22(21-7-6-10-29-24(21)16-19(3)20-8-9-20)25-30-26(23(28)17-31(25)4)32-11-13-33(14-12-32)27(34)35;1-2/h6-7,10,15,17,19-20H,5,8-9,11-14,16H2,1-4H3,(H,34,35);1-2H3/b18-15?,25-22+;. The van der Waals surface area contributed by atoms with Gasteiger partial charge in [0.25, 0.3) is 0 Å². The monoisotopic (exact) mass is 511 g/mol. The van der Waals surface area contributed by atoms with E-state index in [-0.39, 0.29) is 5.84 Å². The second-order valence-corrected chi connectivity index (χ2v) is 9.88. The van der Waals surface area contributed by atoms with Crippen LogP contribution in [0, 0.1) is 11.8 Å². The summed E-state index contributed by atoms with van der Waals surface area (Å²) >= 11 is 0. The molecule has 1 N–H and O–H groups in total. The van der Waals surface area contributed by atoms with Crippen LogP contribution in [0.3, 0.4) is 0 Å². The molecule has 1 amide bonds. The summed E-state index contributed by atoms with van der Waals surface area (Å²) in [6, 6.07) is 4.04. The van der Waals surface area contributed by atoms with Gasteiger partial charge in [0.1, 0.15) is 5.82 Å².